The zero-order valence-electron chi connectivity index (χ0n) is 8.92. The highest BCUT2D eigenvalue weighted by Crippen LogP contribution is 2.26. The average Bonchev–Trinajstić information content (AvgIpc) is 2.49. The fourth-order valence-corrected chi connectivity index (χ4v) is 2.85. The molecule has 2 rings (SSSR count). The van der Waals surface area contributed by atoms with Crippen molar-refractivity contribution in [2.45, 2.75) is 57.7 Å². The molecule has 0 saturated carbocycles. The lowest BCUT2D eigenvalue weighted by Crippen LogP contribution is -2.47. The van der Waals surface area contributed by atoms with Crippen molar-refractivity contribution in [2.75, 3.05) is 13.1 Å². The zero-order valence-corrected chi connectivity index (χ0v) is 8.92. The van der Waals surface area contributed by atoms with Crippen molar-refractivity contribution in [1.82, 2.24) is 10.2 Å². The Hall–Kier alpha value is -0.0800. The maximum absolute atomic E-state index is 3.67. The molecule has 0 amide bonds. The van der Waals surface area contributed by atoms with Crippen LogP contribution in [0.25, 0.3) is 0 Å². The van der Waals surface area contributed by atoms with Crippen LogP contribution in [0.3, 0.4) is 0 Å². The molecule has 2 aliphatic heterocycles. The van der Waals surface area contributed by atoms with Gasteiger partial charge in [0.15, 0.2) is 0 Å². The van der Waals surface area contributed by atoms with E-state index in [0.717, 1.165) is 12.1 Å². The van der Waals surface area contributed by atoms with E-state index in [1.807, 2.05) is 0 Å². The molecule has 2 atom stereocenters. The van der Waals surface area contributed by atoms with Crippen molar-refractivity contribution in [3.05, 3.63) is 0 Å². The van der Waals surface area contributed by atoms with Crippen LogP contribution in [-0.2, 0) is 0 Å². The molecule has 2 heterocycles. The molecular formula is C11H22N2. The third-order valence-corrected chi connectivity index (χ3v) is 3.39. The molecule has 0 aromatic rings. The standard InChI is InChI=1S/C11H22N2/c1-9(2)12-10-5-7-13-6-3-4-11(13)8-10/h9-12H,3-8H2,1-2H3. The van der Waals surface area contributed by atoms with Crippen molar-refractivity contribution in [2.24, 2.45) is 0 Å². The first-order valence-electron chi connectivity index (χ1n) is 5.76. The molecule has 0 spiro atoms. The minimum atomic E-state index is 0.651. The highest BCUT2D eigenvalue weighted by atomic mass is 15.2. The maximum Gasteiger partial charge on any atom is 0.0111 e. The maximum atomic E-state index is 3.67. The molecule has 2 fully saturated rings. The Bertz CT molecular complexity index is 167. The summed E-state index contributed by atoms with van der Waals surface area (Å²) >= 11 is 0. The van der Waals surface area contributed by atoms with Gasteiger partial charge in [-0.3, -0.25) is 0 Å². The molecular weight excluding hydrogens is 160 g/mol. The van der Waals surface area contributed by atoms with Crippen molar-refractivity contribution in [3.8, 4) is 0 Å². The summed E-state index contributed by atoms with van der Waals surface area (Å²) in [7, 11) is 0. The first kappa shape index (κ1) is 9.47. The fraction of sp³-hybridized carbons (Fsp3) is 1.00. The Balaban J connectivity index is 1.83. The smallest absolute Gasteiger partial charge is 0.0111 e. The Morgan fingerprint density at radius 2 is 2.08 bits per heavy atom. The van der Waals surface area contributed by atoms with Gasteiger partial charge < -0.3 is 10.2 Å². The average molecular weight is 182 g/mol. The van der Waals surface area contributed by atoms with Crippen LogP contribution in [0.5, 0.6) is 0 Å². The van der Waals surface area contributed by atoms with E-state index in [1.54, 1.807) is 0 Å². The molecule has 2 nitrogen and oxygen atoms in total. The van der Waals surface area contributed by atoms with Crippen LogP contribution in [0, 0.1) is 0 Å². The van der Waals surface area contributed by atoms with Crippen LogP contribution in [0.15, 0.2) is 0 Å². The number of nitrogens with one attached hydrogen (secondary N) is 1. The third kappa shape index (κ3) is 2.23. The fourth-order valence-electron chi connectivity index (χ4n) is 2.85. The summed E-state index contributed by atoms with van der Waals surface area (Å²) < 4.78 is 0. The summed E-state index contributed by atoms with van der Waals surface area (Å²) in [5.41, 5.74) is 0. The first-order valence-corrected chi connectivity index (χ1v) is 5.76. The lowest BCUT2D eigenvalue weighted by molar-refractivity contribution is 0.163. The number of fused-ring (bicyclic) bond motifs is 1. The molecule has 0 radical (unpaired) electrons. The van der Waals surface area contributed by atoms with Crippen molar-refractivity contribution >= 4 is 0 Å². The van der Waals surface area contributed by atoms with Crippen LogP contribution in [0.1, 0.15) is 39.5 Å². The van der Waals surface area contributed by atoms with Gasteiger partial charge in [0.05, 0.1) is 0 Å². The topological polar surface area (TPSA) is 15.3 Å². The van der Waals surface area contributed by atoms with Crippen LogP contribution < -0.4 is 5.32 Å². The van der Waals surface area contributed by atoms with E-state index in [4.69, 9.17) is 0 Å². The van der Waals surface area contributed by atoms with Gasteiger partial charge in [0.25, 0.3) is 0 Å². The van der Waals surface area contributed by atoms with Gasteiger partial charge in [-0.2, -0.15) is 0 Å². The summed E-state index contributed by atoms with van der Waals surface area (Å²) in [6.07, 6.45) is 5.61. The first-order chi connectivity index (χ1) is 6.25. The van der Waals surface area contributed by atoms with Crippen molar-refractivity contribution in [1.29, 1.82) is 0 Å². The lowest BCUT2D eigenvalue weighted by Gasteiger charge is -2.36. The molecule has 2 unspecified atom stereocenters. The Labute approximate surface area is 81.7 Å². The minimum absolute atomic E-state index is 0.651. The largest absolute Gasteiger partial charge is 0.312 e. The van der Waals surface area contributed by atoms with Gasteiger partial charge in [-0.15, -0.1) is 0 Å². The Morgan fingerprint density at radius 1 is 1.23 bits per heavy atom. The lowest BCUT2D eigenvalue weighted by atomic mass is 9.97. The van der Waals surface area contributed by atoms with E-state index in [9.17, 15) is 0 Å². The normalized spacial score (nSPS) is 35.3. The molecule has 2 heteroatoms. The Kier molecular flexibility index (Phi) is 2.89. The molecule has 13 heavy (non-hydrogen) atoms. The van der Waals surface area contributed by atoms with Crippen LogP contribution in [0.4, 0.5) is 0 Å². The highest BCUT2D eigenvalue weighted by Gasteiger charge is 2.31. The second-order valence-corrected chi connectivity index (χ2v) is 4.87. The summed E-state index contributed by atoms with van der Waals surface area (Å²) in [6.45, 7) is 7.19. The molecule has 2 saturated heterocycles. The molecule has 0 bridgehead atoms. The van der Waals surface area contributed by atoms with E-state index in [1.165, 1.54) is 38.8 Å². The molecule has 0 aliphatic carbocycles. The number of nitrogens with zero attached hydrogens (tertiary/aromatic N) is 1. The van der Waals surface area contributed by atoms with Crippen molar-refractivity contribution in [3.63, 3.8) is 0 Å². The highest BCUT2D eigenvalue weighted by molar-refractivity contribution is 4.89. The summed E-state index contributed by atoms with van der Waals surface area (Å²) in [5.74, 6) is 0. The monoisotopic (exact) mass is 182 g/mol. The molecule has 0 aromatic heterocycles. The van der Waals surface area contributed by atoms with E-state index in [-0.39, 0.29) is 0 Å². The van der Waals surface area contributed by atoms with Gasteiger partial charge in [0, 0.05) is 18.1 Å². The van der Waals surface area contributed by atoms with Gasteiger partial charge in [0.2, 0.25) is 0 Å². The van der Waals surface area contributed by atoms with E-state index >= 15 is 0 Å². The van der Waals surface area contributed by atoms with Gasteiger partial charge >= 0.3 is 0 Å². The molecule has 2 aliphatic rings. The SMILES string of the molecule is CC(C)NC1CCN2CCCC2C1. The van der Waals surface area contributed by atoms with E-state index in [0.29, 0.717) is 6.04 Å². The van der Waals surface area contributed by atoms with Crippen LogP contribution >= 0.6 is 0 Å². The summed E-state index contributed by atoms with van der Waals surface area (Å²) in [4.78, 5) is 2.68. The van der Waals surface area contributed by atoms with Gasteiger partial charge in [-0.1, -0.05) is 13.8 Å². The van der Waals surface area contributed by atoms with Gasteiger partial charge in [-0.25, -0.2) is 0 Å². The van der Waals surface area contributed by atoms with E-state index < -0.39 is 0 Å². The van der Waals surface area contributed by atoms with Crippen molar-refractivity contribution < 1.29 is 0 Å². The molecule has 1 N–H and O–H groups in total. The number of hydrogen-bond donors (Lipinski definition) is 1. The van der Waals surface area contributed by atoms with E-state index in [2.05, 4.69) is 24.1 Å². The third-order valence-electron chi connectivity index (χ3n) is 3.39. The second kappa shape index (κ2) is 3.97. The molecule has 0 aromatic carbocycles. The predicted octanol–water partition coefficient (Wildman–Crippen LogP) is 1.61. The quantitative estimate of drug-likeness (QED) is 0.698. The Morgan fingerprint density at radius 3 is 2.85 bits per heavy atom. The zero-order chi connectivity index (χ0) is 9.26. The van der Waals surface area contributed by atoms with Gasteiger partial charge in [-0.05, 0) is 38.8 Å². The van der Waals surface area contributed by atoms with Crippen LogP contribution in [-0.4, -0.2) is 36.1 Å². The predicted molar refractivity (Wildman–Crippen MR) is 55.9 cm³/mol. The van der Waals surface area contributed by atoms with Gasteiger partial charge in [0.1, 0.15) is 0 Å². The summed E-state index contributed by atoms with van der Waals surface area (Å²) in [5, 5.41) is 3.67. The summed E-state index contributed by atoms with van der Waals surface area (Å²) in [6, 6.07) is 2.35. The molecule has 76 valence electrons. The number of piperidine rings is 1. The second-order valence-electron chi connectivity index (χ2n) is 4.87. The number of hydrogen-bond acceptors (Lipinski definition) is 2. The minimum Gasteiger partial charge on any atom is -0.312 e. The van der Waals surface area contributed by atoms with Crippen LogP contribution in [0.2, 0.25) is 0 Å². The number of rotatable bonds is 2.